The Bertz CT molecular complexity index is 1040. The first-order chi connectivity index (χ1) is 12.5. The Hall–Kier alpha value is -2.11. The van der Waals surface area contributed by atoms with Crippen molar-refractivity contribution < 1.29 is 30.0 Å². The number of sulfonamides is 2. The molecular weight excluding hydrogens is 405 g/mol. The fourth-order valence-corrected chi connectivity index (χ4v) is 4.83. The highest BCUT2D eigenvalue weighted by molar-refractivity contribution is 7.92. The van der Waals surface area contributed by atoms with E-state index in [-0.39, 0.29) is 22.9 Å². The fourth-order valence-electron chi connectivity index (χ4n) is 2.31. The summed E-state index contributed by atoms with van der Waals surface area (Å²) < 4.78 is 92.3. The van der Waals surface area contributed by atoms with Crippen LogP contribution in [0.3, 0.4) is 0 Å². The van der Waals surface area contributed by atoms with Gasteiger partial charge in [0.2, 0.25) is 10.0 Å². The predicted molar refractivity (Wildman–Crippen MR) is 93.7 cm³/mol. The number of hydrogen-bond donors (Lipinski definition) is 1. The molecule has 148 valence electrons. The summed E-state index contributed by atoms with van der Waals surface area (Å²) in [5, 5.41) is 0. The highest BCUT2D eigenvalue weighted by Gasteiger charge is 2.24. The van der Waals surface area contributed by atoms with Crippen LogP contribution in [0.1, 0.15) is 13.8 Å². The molecule has 0 spiro atoms. The molecule has 2 aromatic rings. The van der Waals surface area contributed by atoms with Gasteiger partial charge in [-0.3, -0.25) is 4.72 Å². The van der Waals surface area contributed by atoms with Crippen LogP contribution in [0.25, 0.3) is 0 Å². The first-order valence-corrected chi connectivity index (χ1v) is 10.7. The van der Waals surface area contributed by atoms with Crippen molar-refractivity contribution in [2.75, 3.05) is 17.8 Å². The maximum atomic E-state index is 13.7. The van der Waals surface area contributed by atoms with Crippen molar-refractivity contribution in [3.63, 3.8) is 0 Å². The average molecular weight is 422 g/mol. The summed E-state index contributed by atoms with van der Waals surface area (Å²) in [5.41, 5.74) is -0.770. The Morgan fingerprint density at radius 2 is 1.33 bits per heavy atom. The monoisotopic (exact) mass is 422 g/mol. The van der Waals surface area contributed by atoms with Gasteiger partial charge < -0.3 is 0 Å². The Morgan fingerprint density at radius 1 is 0.815 bits per heavy atom. The van der Waals surface area contributed by atoms with Crippen LogP contribution in [0, 0.1) is 17.5 Å². The van der Waals surface area contributed by atoms with E-state index < -0.39 is 43.2 Å². The van der Waals surface area contributed by atoms with Crippen LogP contribution in [0.4, 0.5) is 18.9 Å². The minimum absolute atomic E-state index is 0.107. The predicted octanol–water partition coefficient (Wildman–Crippen LogP) is 2.94. The van der Waals surface area contributed by atoms with Gasteiger partial charge in [0.25, 0.3) is 10.0 Å². The Labute approximate surface area is 155 Å². The lowest BCUT2D eigenvalue weighted by Crippen LogP contribution is -2.30. The number of anilines is 1. The zero-order valence-electron chi connectivity index (χ0n) is 14.4. The number of halogens is 3. The third-order valence-electron chi connectivity index (χ3n) is 3.76. The van der Waals surface area contributed by atoms with Crippen LogP contribution in [0.5, 0.6) is 0 Å². The van der Waals surface area contributed by atoms with Crippen molar-refractivity contribution in [1.82, 2.24) is 4.31 Å². The van der Waals surface area contributed by atoms with Gasteiger partial charge in [0.1, 0.15) is 0 Å². The normalized spacial score (nSPS) is 12.4. The lowest BCUT2D eigenvalue weighted by atomic mass is 10.3. The number of nitrogens with zero attached hydrogens (tertiary/aromatic N) is 1. The van der Waals surface area contributed by atoms with Crippen molar-refractivity contribution in [2.24, 2.45) is 0 Å². The summed E-state index contributed by atoms with van der Waals surface area (Å²) in [7, 11) is -8.12. The lowest BCUT2D eigenvalue weighted by Gasteiger charge is -2.18. The van der Waals surface area contributed by atoms with E-state index in [4.69, 9.17) is 0 Å². The van der Waals surface area contributed by atoms with Gasteiger partial charge in [-0.25, -0.2) is 30.0 Å². The zero-order chi connectivity index (χ0) is 20.4. The van der Waals surface area contributed by atoms with Crippen molar-refractivity contribution >= 4 is 25.7 Å². The molecule has 11 heteroatoms. The van der Waals surface area contributed by atoms with E-state index in [0.29, 0.717) is 6.07 Å². The summed E-state index contributed by atoms with van der Waals surface area (Å²) in [5.74, 6) is -4.95. The van der Waals surface area contributed by atoms with E-state index in [1.165, 1.54) is 4.31 Å². The molecule has 27 heavy (non-hydrogen) atoms. The molecule has 0 aliphatic rings. The highest BCUT2D eigenvalue weighted by atomic mass is 32.2. The van der Waals surface area contributed by atoms with Crippen LogP contribution in [-0.2, 0) is 20.0 Å². The van der Waals surface area contributed by atoms with Gasteiger partial charge in [-0.05, 0) is 36.4 Å². The second-order valence-corrected chi connectivity index (χ2v) is 9.01. The molecule has 0 saturated carbocycles. The van der Waals surface area contributed by atoms with Crippen LogP contribution >= 0.6 is 0 Å². The second kappa shape index (κ2) is 7.87. The van der Waals surface area contributed by atoms with E-state index in [0.717, 1.165) is 30.3 Å². The average Bonchev–Trinajstić information content (AvgIpc) is 2.63. The number of rotatable bonds is 7. The molecule has 0 amide bonds. The molecule has 2 rings (SSSR count). The first kappa shape index (κ1) is 21.2. The van der Waals surface area contributed by atoms with Crippen molar-refractivity contribution in [1.29, 1.82) is 0 Å². The van der Waals surface area contributed by atoms with Gasteiger partial charge in [0.05, 0.1) is 15.5 Å². The van der Waals surface area contributed by atoms with Crippen LogP contribution < -0.4 is 4.72 Å². The highest BCUT2D eigenvalue weighted by Crippen LogP contribution is 2.24. The second-order valence-electron chi connectivity index (χ2n) is 5.39. The van der Waals surface area contributed by atoms with Crippen LogP contribution in [0.15, 0.2) is 46.2 Å². The summed E-state index contributed by atoms with van der Waals surface area (Å²) >= 11 is 0. The molecular formula is C16H17F3N2O4S2. The number of benzene rings is 2. The first-order valence-electron chi connectivity index (χ1n) is 7.81. The van der Waals surface area contributed by atoms with Gasteiger partial charge in [-0.2, -0.15) is 4.31 Å². The van der Waals surface area contributed by atoms with Gasteiger partial charge in [-0.1, -0.05) is 13.8 Å². The SMILES string of the molecule is CCN(CC)S(=O)(=O)c1ccc(S(=O)(=O)Nc2ccc(F)c(F)c2F)cc1. The summed E-state index contributed by atoms with van der Waals surface area (Å²) in [6.07, 6.45) is 0. The van der Waals surface area contributed by atoms with Crippen molar-refractivity contribution in [2.45, 2.75) is 23.6 Å². The minimum atomic E-state index is -4.35. The molecule has 0 aliphatic carbocycles. The summed E-state index contributed by atoms with van der Waals surface area (Å²) in [6.45, 7) is 3.83. The molecule has 6 nitrogen and oxygen atoms in total. The topological polar surface area (TPSA) is 83.6 Å². The van der Waals surface area contributed by atoms with Crippen molar-refractivity contribution in [3.05, 3.63) is 53.8 Å². The summed E-state index contributed by atoms with van der Waals surface area (Å²) in [6, 6.07) is 5.57. The molecule has 0 bridgehead atoms. The smallest absolute Gasteiger partial charge is 0.261 e. The maximum absolute atomic E-state index is 13.7. The number of nitrogens with one attached hydrogen (secondary N) is 1. The van der Waals surface area contributed by atoms with Gasteiger partial charge in [0, 0.05) is 13.1 Å². The van der Waals surface area contributed by atoms with E-state index in [2.05, 4.69) is 0 Å². The molecule has 2 aromatic carbocycles. The largest absolute Gasteiger partial charge is 0.277 e. The molecule has 0 atom stereocenters. The standard InChI is InChI=1S/C16H17F3N2O4S2/c1-3-21(4-2)27(24,25)12-7-5-11(6-8-12)26(22,23)20-14-10-9-13(17)15(18)16(14)19/h5-10,20H,3-4H2,1-2H3. The minimum Gasteiger partial charge on any atom is -0.277 e. The third kappa shape index (κ3) is 4.25. The lowest BCUT2D eigenvalue weighted by molar-refractivity contribution is 0.445. The van der Waals surface area contributed by atoms with Gasteiger partial charge >= 0.3 is 0 Å². The van der Waals surface area contributed by atoms with Crippen LogP contribution in [-0.4, -0.2) is 34.2 Å². The summed E-state index contributed by atoms with van der Waals surface area (Å²) in [4.78, 5) is -0.478. The Morgan fingerprint density at radius 3 is 1.85 bits per heavy atom. The molecule has 0 fully saturated rings. The molecule has 0 aromatic heterocycles. The van der Waals surface area contributed by atoms with Crippen molar-refractivity contribution in [3.8, 4) is 0 Å². The van der Waals surface area contributed by atoms with E-state index in [9.17, 15) is 30.0 Å². The third-order valence-corrected chi connectivity index (χ3v) is 7.20. The quantitative estimate of drug-likeness (QED) is 0.696. The van der Waals surface area contributed by atoms with E-state index in [1.54, 1.807) is 18.6 Å². The zero-order valence-corrected chi connectivity index (χ0v) is 16.0. The molecule has 0 saturated heterocycles. The fraction of sp³-hybridized carbons (Fsp3) is 0.250. The molecule has 0 heterocycles. The van der Waals surface area contributed by atoms with Crippen LogP contribution in [0.2, 0.25) is 0 Å². The Balaban J connectivity index is 2.35. The van der Waals surface area contributed by atoms with Gasteiger partial charge in [-0.15, -0.1) is 0 Å². The molecule has 0 aliphatic heterocycles. The molecule has 1 N–H and O–H groups in total. The molecule has 0 unspecified atom stereocenters. The molecule has 0 radical (unpaired) electrons. The Kier molecular flexibility index (Phi) is 6.17. The number of hydrogen-bond acceptors (Lipinski definition) is 4. The van der Waals surface area contributed by atoms with Gasteiger partial charge in [0.15, 0.2) is 17.5 Å². The van der Waals surface area contributed by atoms with E-state index in [1.807, 2.05) is 0 Å². The maximum Gasteiger partial charge on any atom is 0.261 e. The van der Waals surface area contributed by atoms with E-state index >= 15 is 0 Å².